The lowest BCUT2D eigenvalue weighted by Crippen LogP contribution is -2.46. The van der Waals surface area contributed by atoms with Gasteiger partial charge in [0.25, 0.3) is 0 Å². The van der Waals surface area contributed by atoms with Crippen molar-refractivity contribution >= 4 is 11.8 Å². The van der Waals surface area contributed by atoms with Gasteiger partial charge in [0, 0.05) is 19.5 Å². The van der Waals surface area contributed by atoms with Crippen LogP contribution in [0.25, 0.3) is 0 Å². The first-order valence-electron chi connectivity index (χ1n) is 8.88. The second-order valence-electron chi connectivity index (χ2n) is 6.87. The summed E-state index contributed by atoms with van der Waals surface area (Å²) in [5, 5.41) is 5.99. The number of carbonyl (C=O) groups excluding carboxylic acids is 2. The molecule has 0 spiro atoms. The SMILES string of the molecule is CNCC1CCCN(C(=O)CNC(=O)CCC2CCCC2)C1. The van der Waals surface area contributed by atoms with Crippen molar-refractivity contribution in [1.82, 2.24) is 15.5 Å². The third-order valence-corrected chi connectivity index (χ3v) is 5.06. The van der Waals surface area contributed by atoms with E-state index in [4.69, 9.17) is 0 Å². The smallest absolute Gasteiger partial charge is 0.241 e. The Hall–Kier alpha value is -1.10. The van der Waals surface area contributed by atoms with Gasteiger partial charge in [-0.05, 0) is 44.7 Å². The zero-order valence-corrected chi connectivity index (χ0v) is 13.9. The molecule has 0 aromatic heterocycles. The highest BCUT2D eigenvalue weighted by Gasteiger charge is 2.23. The van der Waals surface area contributed by atoms with Crippen LogP contribution in [0.15, 0.2) is 0 Å². The van der Waals surface area contributed by atoms with Gasteiger partial charge in [-0.25, -0.2) is 0 Å². The quantitative estimate of drug-likeness (QED) is 0.750. The molecule has 1 aliphatic heterocycles. The van der Waals surface area contributed by atoms with Gasteiger partial charge in [0.15, 0.2) is 0 Å². The van der Waals surface area contributed by atoms with Crippen molar-refractivity contribution in [3.8, 4) is 0 Å². The number of nitrogens with zero attached hydrogens (tertiary/aromatic N) is 1. The molecule has 1 aliphatic carbocycles. The fraction of sp³-hybridized carbons (Fsp3) is 0.882. The van der Waals surface area contributed by atoms with E-state index in [1.165, 1.54) is 32.1 Å². The van der Waals surface area contributed by atoms with E-state index in [0.717, 1.165) is 38.4 Å². The fourth-order valence-electron chi connectivity index (χ4n) is 3.76. The highest BCUT2D eigenvalue weighted by Crippen LogP contribution is 2.28. The molecule has 0 radical (unpaired) electrons. The van der Waals surface area contributed by atoms with Crippen LogP contribution in [0.3, 0.4) is 0 Å². The molecule has 0 bridgehead atoms. The van der Waals surface area contributed by atoms with Crippen LogP contribution in [0.1, 0.15) is 51.4 Å². The highest BCUT2D eigenvalue weighted by molar-refractivity contribution is 5.84. The lowest BCUT2D eigenvalue weighted by molar-refractivity contribution is -0.134. The minimum absolute atomic E-state index is 0.0315. The summed E-state index contributed by atoms with van der Waals surface area (Å²) >= 11 is 0. The molecule has 1 atom stereocenters. The Morgan fingerprint density at radius 1 is 1.09 bits per heavy atom. The van der Waals surface area contributed by atoms with Gasteiger partial charge in [0.1, 0.15) is 0 Å². The minimum atomic E-state index is 0.0315. The van der Waals surface area contributed by atoms with Gasteiger partial charge < -0.3 is 15.5 Å². The first-order valence-corrected chi connectivity index (χ1v) is 8.88. The Bertz CT molecular complexity index is 365. The molecule has 2 aliphatic rings. The lowest BCUT2D eigenvalue weighted by Gasteiger charge is -2.32. The van der Waals surface area contributed by atoms with Crippen LogP contribution in [0.5, 0.6) is 0 Å². The van der Waals surface area contributed by atoms with Crippen molar-refractivity contribution in [1.29, 1.82) is 0 Å². The topological polar surface area (TPSA) is 61.4 Å². The van der Waals surface area contributed by atoms with Crippen LogP contribution < -0.4 is 10.6 Å². The van der Waals surface area contributed by atoms with Crippen LogP contribution in [0.4, 0.5) is 0 Å². The van der Waals surface area contributed by atoms with Crippen LogP contribution >= 0.6 is 0 Å². The van der Waals surface area contributed by atoms with Crippen molar-refractivity contribution < 1.29 is 9.59 Å². The van der Waals surface area contributed by atoms with Crippen LogP contribution in [-0.2, 0) is 9.59 Å². The summed E-state index contributed by atoms with van der Waals surface area (Å²) in [6.45, 7) is 2.77. The normalized spacial score (nSPS) is 22.8. The first kappa shape index (κ1) is 17.3. The Kier molecular flexibility index (Phi) is 7.16. The average molecular weight is 309 g/mol. The largest absolute Gasteiger partial charge is 0.347 e. The van der Waals surface area contributed by atoms with E-state index in [0.29, 0.717) is 12.3 Å². The van der Waals surface area contributed by atoms with Crippen molar-refractivity contribution in [2.75, 3.05) is 33.2 Å². The fourth-order valence-corrected chi connectivity index (χ4v) is 3.76. The van der Waals surface area contributed by atoms with E-state index >= 15 is 0 Å². The monoisotopic (exact) mass is 309 g/mol. The Morgan fingerprint density at radius 2 is 1.82 bits per heavy atom. The van der Waals surface area contributed by atoms with Crippen LogP contribution in [-0.4, -0.2) is 49.9 Å². The van der Waals surface area contributed by atoms with E-state index in [1.54, 1.807) is 0 Å². The van der Waals surface area contributed by atoms with Gasteiger partial charge in [0.2, 0.25) is 11.8 Å². The van der Waals surface area contributed by atoms with Crippen molar-refractivity contribution in [2.24, 2.45) is 11.8 Å². The number of nitrogens with one attached hydrogen (secondary N) is 2. The molecule has 2 rings (SSSR count). The summed E-state index contributed by atoms with van der Waals surface area (Å²) in [4.78, 5) is 26.0. The summed E-state index contributed by atoms with van der Waals surface area (Å²) < 4.78 is 0. The second kappa shape index (κ2) is 9.13. The predicted molar refractivity (Wildman–Crippen MR) is 87.4 cm³/mol. The molecule has 126 valence electrons. The second-order valence-corrected chi connectivity index (χ2v) is 6.87. The maximum atomic E-state index is 12.2. The molecule has 2 amide bonds. The maximum absolute atomic E-state index is 12.2. The Morgan fingerprint density at radius 3 is 2.55 bits per heavy atom. The molecule has 2 fully saturated rings. The van der Waals surface area contributed by atoms with Crippen molar-refractivity contribution in [3.05, 3.63) is 0 Å². The van der Waals surface area contributed by atoms with E-state index in [9.17, 15) is 9.59 Å². The third-order valence-electron chi connectivity index (χ3n) is 5.06. The van der Waals surface area contributed by atoms with Gasteiger partial charge in [-0.2, -0.15) is 0 Å². The molecule has 2 N–H and O–H groups in total. The van der Waals surface area contributed by atoms with Crippen molar-refractivity contribution in [2.45, 2.75) is 51.4 Å². The number of hydrogen-bond acceptors (Lipinski definition) is 3. The molecule has 1 saturated heterocycles. The summed E-state index contributed by atoms with van der Waals surface area (Å²) in [5.74, 6) is 1.37. The standard InChI is InChI=1S/C17H31N3O2/c1-18-11-15-7-4-10-20(13-15)17(22)12-19-16(21)9-8-14-5-2-3-6-14/h14-15,18H,2-13H2,1H3,(H,19,21). The summed E-state index contributed by atoms with van der Waals surface area (Å²) in [6.07, 6.45) is 8.96. The van der Waals surface area contributed by atoms with E-state index in [1.807, 2.05) is 11.9 Å². The number of likely N-dealkylation sites (tertiary alicyclic amines) is 1. The first-order chi connectivity index (χ1) is 10.7. The minimum Gasteiger partial charge on any atom is -0.347 e. The Balaban J connectivity index is 1.62. The van der Waals surface area contributed by atoms with Crippen LogP contribution in [0.2, 0.25) is 0 Å². The highest BCUT2D eigenvalue weighted by atomic mass is 16.2. The van der Waals surface area contributed by atoms with Gasteiger partial charge in [-0.15, -0.1) is 0 Å². The number of hydrogen-bond donors (Lipinski definition) is 2. The number of carbonyl (C=O) groups is 2. The molecule has 0 aromatic rings. The number of piperidine rings is 1. The molecule has 1 heterocycles. The van der Waals surface area contributed by atoms with Gasteiger partial charge in [-0.3, -0.25) is 9.59 Å². The van der Waals surface area contributed by atoms with E-state index in [2.05, 4.69) is 10.6 Å². The molecule has 0 aromatic carbocycles. The lowest BCUT2D eigenvalue weighted by atomic mass is 9.98. The summed E-state index contributed by atoms with van der Waals surface area (Å²) in [7, 11) is 1.95. The van der Waals surface area contributed by atoms with Gasteiger partial charge in [-0.1, -0.05) is 25.7 Å². The predicted octanol–water partition coefficient (Wildman–Crippen LogP) is 1.53. The van der Waals surface area contributed by atoms with Gasteiger partial charge in [0.05, 0.1) is 6.54 Å². The van der Waals surface area contributed by atoms with Crippen LogP contribution in [0, 0.1) is 11.8 Å². The maximum Gasteiger partial charge on any atom is 0.241 e. The zero-order valence-electron chi connectivity index (χ0n) is 13.9. The molecule has 5 heteroatoms. The molecule has 22 heavy (non-hydrogen) atoms. The molecule has 5 nitrogen and oxygen atoms in total. The van der Waals surface area contributed by atoms with Gasteiger partial charge >= 0.3 is 0 Å². The third kappa shape index (κ3) is 5.59. The Labute approximate surface area is 134 Å². The molecule has 1 saturated carbocycles. The number of amides is 2. The van der Waals surface area contributed by atoms with E-state index < -0.39 is 0 Å². The molecule has 1 unspecified atom stereocenters. The average Bonchev–Trinajstić information content (AvgIpc) is 3.04. The zero-order chi connectivity index (χ0) is 15.8. The summed E-state index contributed by atoms with van der Waals surface area (Å²) in [6, 6.07) is 0. The molecular weight excluding hydrogens is 278 g/mol. The van der Waals surface area contributed by atoms with E-state index in [-0.39, 0.29) is 18.4 Å². The van der Waals surface area contributed by atoms with Crippen molar-refractivity contribution in [3.63, 3.8) is 0 Å². The number of rotatable bonds is 7. The summed E-state index contributed by atoms with van der Waals surface area (Å²) in [5.41, 5.74) is 0. The molecular formula is C17H31N3O2.